The van der Waals surface area contributed by atoms with E-state index in [1.54, 1.807) is 4.90 Å². The zero-order valence-electron chi connectivity index (χ0n) is 14.1. The number of carbonyl (C=O) groups is 2. The van der Waals surface area contributed by atoms with Crippen molar-refractivity contribution in [2.24, 2.45) is 5.92 Å². The number of rotatable bonds is 4. The molecule has 0 N–H and O–H groups in total. The molecule has 4 nitrogen and oxygen atoms in total. The van der Waals surface area contributed by atoms with Gasteiger partial charge >= 0.3 is 5.97 Å². The molecule has 0 spiro atoms. The highest BCUT2D eigenvalue weighted by Crippen LogP contribution is 2.60. The molecule has 1 amide bonds. The number of nitrogens with zero attached hydrogens (tertiary/aromatic N) is 1. The first-order valence-corrected chi connectivity index (χ1v) is 8.93. The average molecular weight is 325 g/mol. The largest absolute Gasteiger partial charge is 0.464 e. The highest BCUT2D eigenvalue weighted by Gasteiger charge is 2.70. The van der Waals surface area contributed by atoms with Crippen molar-refractivity contribution in [2.75, 3.05) is 6.61 Å². The summed E-state index contributed by atoms with van der Waals surface area (Å²) in [5, 5.41) is 0. The summed E-state index contributed by atoms with van der Waals surface area (Å²) in [6.45, 7) is 2.65. The van der Waals surface area contributed by atoms with Crippen molar-refractivity contribution in [3.63, 3.8) is 0 Å². The van der Waals surface area contributed by atoms with Crippen molar-refractivity contribution in [3.05, 3.63) is 47.0 Å². The molecule has 126 valence electrons. The maximum atomic E-state index is 13.2. The molecule has 0 saturated heterocycles. The molecule has 2 atom stereocenters. The van der Waals surface area contributed by atoms with Gasteiger partial charge in [-0.05, 0) is 44.6 Å². The van der Waals surface area contributed by atoms with E-state index in [2.05, 4.69) is 0 Å². The van der Waals surface area contributed by atoms with E-state index in [-0.39, 0.29) is 17.8 Å². The fourth-order valence-corrected chi connectivity index (χ4v) is 4.43. The second-order valence-electron chi connectivity index (χ2n) is 6.99. The van der Waals surface area contributed by atoms with Crippen molar-refractivity contribution in [2.45, 2.75) is 51.1 Å². The van der Waals surface area contributed by atoms with Crippen LogP contribution in [0, 0.1) is 5.92 Å². The lowest BCUT2D eigenvalue weighted by Crippen LogP contribution is -2.52. The summed E-state index contributed by atoms with van der Waals surface area (Å²) in [6, 6.07) is 9.92. The minimum absolute atomic E-state index is 0.0513. The topological polar surface area (TPSA) is 46.6 Å². The molecular weight excluding hydrogens is 302 g/mol. The van der Waals surface area contributed by atoms with E-state index in [1.807, 2.05) is 37.3 Å². The molecule has 1 saturated carbocycles. The smallest absolute Gasteiger partial charge is 0.332 e. The van der Waals surface area contributed by atoms with E-state index in [0.29, 0.717) is 13.2 Å². The Balaban J connectivity index is 1.73. The molecule has 1 aromatic carbocycles. The van der Waals surface area contributed by atoms with Gasteiger partial charge in [-0.3, -0.25) is 4.79 Å². The Labute approximate surface area is 142 Å². The molecule has 4 rings (SSSR count). The van der Waals surface area contributed by atoms with Gasteiger partial charge in [-0.15, -0.1) is 0 Å². The average Bonchev–Trinajstić information content (AvgIpc) is 3.37. The fourth-order valence-electron chi connectivity index (χ4n) is 4.43. The van der Waals surface area contributed by atoms with Gasteiger partial charge in [0.05, 0.1) is 6.61 Å². The van der Waals surface area contributed by atoms with Crippen LogP contribution >= 0.6 is 0 Å². The van der Waals surface area contributed by atoms with Gasteiger partial charge in [0, 0.05) is 18.0 Å². The van der Waals surface area contributed by atoms with Crippen LogP contribution in [0.2, 0.25) is 0 Å². The second-order valence-corrected chi connectivity index (χ2v) is 6.99. The van der Waals surface area contributed by atoms with E-state index >= 15 is 0 Å². The molecule has 4 heteroatoms. The summed E-state index contributed by atoms with van der Waals surface area (Å²) >= 11 is 0. The summed E-state index contributed by atoms with van der Waals surface area (Å²) in [7, 11) is 0. The maximum absolute atomic E-state index is 13.2. The summed E-state index contributed by atoms with van der Waals surface area (Å²) in [4.78, 5) is 27.7. The van der Waals surface area contributed by atoms with Crippen molar-refractivity contribution < 1.29 is 14.3 Å². The van der Waals surface area contributed by atoms with E-state index in [1.165, 1.54) is 5.57 Å². The normalized spacial score (nSPS) is 28.3. The van der Waals surface area contributed by atoms with Gasteiger partial charge in [-0.2, -0.15) is 0 Å². The highest BCUT2D eigenvalue weighted by molar-refractivity contribution is 6.03. The lowest BCUT2D eigenvalue weighted by atomic mass is 9.83. The predicted octanol–water partition coefficient (Wildman–Crippen LogP) is 3.22. The zero-order chi connectivity index (χ0) is 16.7. The van der Waals surface area contributed by atoms with Crippen molar-refractivity contribution >= 4 is 11.9 Å². The van der Waals surface area contributed by atoms with Crippen LogP contribution in [0.15, 0.2) is 41.5 Å². The van der Waals surface area contributed by atoms with Gasteiger partial charge in [0.1, 0.15) is 5.54 Å². The Hall–Kier alpha value is -2.10. The Kier molecular flexibility index (Phi) is 3.70. The number of esters is 1. The lowest BCUT2D eigenvalue weighted by Gasteiger charge is -2.38. The Bertz CT molecular complexity index is 709. The molecule has 1 aromatic rings. The number of ether oxygens (including phenoxy) is 1. The van der Waals surface area contributed by atoms with Gasteiger partial charge in [-0.25, -0.2) is 4.79 Å². The summed E-state index contributed by atoms with van der Waals surface area (Å²) in [5.74, 6) is 0.0000213. The standard InChI is InChI=1S/C20H23NO3/c1-2-24-19(23)20-12-17(20)15-10-6-7-11-16(15)18(22)21(20)13-14-8-4-3-5-9-14/h3-5,8-9,17H,2,6-7,10-13H2,1H3. The van der Waals surface area contributed by atoms with E-state index in [0.717, 1.165) is 43.2 Å². The number of hydrogen-bond acceptors (Lipinski definition) is 3. The monoisotopic (exact) mass is 325 g/mol. The summed E-state index contributed by atoms with van der Waals surface area (Å²) in [5.41, 5.74) is 2.52. The molecule has 3 aliphatic rings. The zero-order valence-corrected chi connectivity index (χ0v) is 14.1. The number of carbonyl (C=O) groups excluding carboxylic acids is 2. The molecule has 1 heterocycles. The third-order valence-electron chi connectivity index (χ3n) is 5.66. The molecule has 0 radical (unpaired) electrons. The Morgan fingerprint density at radius 3 is 2.75 bits per heavy atom. The predicted molar refractivity (Wildman–Crippen MR) is 90.0 cm³/mol. The maximum Gasteiger partial charge on any atom is 0.332 e. The van der Waals surface area contributed by atoms with Crippen LogP contribution in [0.4, 0.5) is 0 Å². The Morgan fingerprint density at radius 1 is 1.25 bits per heavy atom. The van der Waals surface area contributed by atoms with E-state index < -0.39 is 5.54 Å². The van der Waals surface area contributed by atoms with Crippen molar-refractivity contribution in [1.29, 1.82) is 0 Å². The summed E-state index contributed by atoms with van der Waals surface area (Å²) < 4.78 is 5.37. The molecule has 1 aliphatic heterocycles. The van der Waals surface area contributed by atoms with Gasteiger partial charge in [0.2, 0.25) is 0 Å². The number of amides is 1. The van der Waals surface area contributed by atoms with Crippen LogP contribution in [0.3, 0.4) is 0 Å². The van der Waals surface area contributed by atoms with Gasteiger partial charge in [0.15, 0.2) is 0 Å². The van der Waals surface area contributed by atoms with Crippen LogP contribution in [-0.2, 0) is 20.9 Å². The fraction of sp³-hybridized carbons (Fsp3) is 0.500. The lowest BCUT2D eigenvalue weighted by molar-refractivity contribution is -0.158. The van der Waals surface area contributed by atoms with Crippen LogP contribution in [-0.4, -0.2) is 28.9 Å². The highest BCUT2D eigenvalue weighted by atomic mass is 16.5. The number of fused-ring (bicyclic) bond motifs is 2. The second kappa shape index (κ2) is 5.76. The SMILES string of the molecule is CCOC(=O)C12CC1C1=C(CCCC1)C(=O)N2Cc1ccccc1. The molecule has 1 fully saturated rings. The van der Waals surface area contributed by atoms with Crippen LogP contribution in [0.25, 0.3) is 0 Å². The number of hydrogen-bond donors (Lipinski definition) is 0. The third kappa shape index (κ3) is 2.20. The molecule has 0 bridgehead atoms. The summed E-state index contributed by atoms with van der Waals surface area (Å²) in [6.07, 6.45) is 4.74. The van der Waals surface area contributed by atoms with Gasteiger partial charge in [-0.1, -0.05) is 35.9 Å². The van der Waals surface area contributed by atoms with E-state index in [9.17, 15) is 9.59 Å². The Morgan fingerprint density at radius 2 is 2.00 bits per heavy atom. The minimum Gasteiger partial charge on any atom is -0.464 e. The number of benzene rings is 1. The quantitative estimate of drug-likeness (QED) is 0.799. The molecule has 0 aromatic heterocycles. The van der Waals surface area contributed by atoms with Crippen molar-refractivity contribution in [3.8, 4) is 0 Å². The first kappa shape index (κ1) is 15.4. The molecule has 2 aliphatic carbocycles. The van der Waals surface area contributed by atoms with Crippen LogP contribution in [0.5, 0.6) is 0 Å². The van der Waals surface area contributed by atoms with Gasteiger partial charge < -0.3 is 9.64 Å². The molecular formula is C20H23NO3. The third-order valence-corrected chi connectivity index (χ3v) is 5.66. The van der Waals surface area contributed by atoms with Crippen molar-refractivity contribution in [1.82, 2.24) is 4.90 Å². The molecule has 24 heavy (non-hydrogen) atoms. The first-order valence-electron chi connectivity index (χ1n) is 8.93. The van der Waals surface area contributed by atoms with Gasteiger partial charge in [0.25, 0.3) is 5.91 Å². The minimum atomic E-state index is -0.751. The molecule has 2 unspecified atom stereocenters. The van der Waals surface area contributed by atoms with Crippen LogP contribution in [0.1, 0.15) is 44.6 Å². The van der Waals surface area contributed by atoms with Crippen LogP contribution < -0.4 is 0 Å². The van der Waals surface area contributed by atoms with E-state index in [4.69, 9.17) is 4.74 Å². The first-order chi connectivity index (χ1) is 11.7.